The Morgan fingerprint density at radius 3 is 1.35 bits per heavy atom. The number of hydrogen-bond acceptors (Lipinski definition) is 9. The molecule has 0 radical (unpaired) electrons. The smallest absolute Gasteiger partial charge is 0.340 e. The van der Waals surface area contributed by atoms with Gasteiger partial charge in [0.2, 0.25) is 0 Å². The third-order valence-electron chi connectivity index (χ3n) is 8.24. The predicted octanol–water partition coefficient (Wildman–Crippen LogP) is 8.96. The number of nitrogens with zero attached hydrogens (tertiary/aromatic N) is 2. The Bertz CT molecular complexity index is 800. The summed E-state index contributed by atoms with van der Waals surface area (Å²) in [7, 11) is 0. The number of unbranched alkanes of at least 4 members (excludes halogenated alkanes) is 12. The fourth-order valence-corrected chi connectivity index (χ4v) is 6.88. The third-order valence-corrected chi connectivity index (χ3v) is 10.1. The van der Waals surface area contributed by atoms with Crippen LogP contribution in [-0.4, -0.2) is 71.0 Å². The number of hydrogen-bond donors (Lipinski definition) is 0. The van der Waals surface area contributed by atoms with Crippen molar-refractivity contribution < 1.29 is 23.8 Å². The molecule has 2 heterocycles. The molecule has 2 aliphatic heterocycles. The van der Waals surface area contributed by atoms with Crippen molar-refractivity contribution in [3.63, 3.8) is 0 Å². The highest BCUT2D eigenvalue weighted by Crippen LogP contribution is 2.29. The SMILES string of the molecule is CCCCCCCCCC1(C)N=C(CCSCCOCCSCCC2=NC(C)(CCCCCCCCC)C(=O)O2)OC1=O. The summed E-state index contributed by atoms with van der Waals surface area (Å²) in [5, 5.41) is 0. The predicted molar refractivity (Wildman–Crippen MR) is 184 cm³/mol. The van der Waals surface area contributed by atoms with E-state index in [1.807, 2.05) is 13.8 Å². The highest BCUT2D eigenvalue weighted by atomic mass is 32.2. The number of thioether (sulfide) groups is 2. The van der Waals surface area contributed by atoms with Crippen LogP contribution in [0, 0.1) is 0 Å². The number of carbonyl (C=O) groups is 2. The zero-order valence-corrected chi connectivity index (χ0v) is 29.4. The highest BCUT2D eigenvalue weighted by Gasteiger charge is 2.41. The molecule has 0 saturated carbocycles. The summed E-state index contributed by atoms with van der Waals surface area (Å²) < 4.78 is 16.8. The highest BCUT2D eigenvalue weighted by molar-refractivity contribution is 7.99. The molecule has 0 spiro atoms. The topological polar surface area (TPSA) is 86.6 Å². The molecule has 0 aromatic carbocycles. The number of aliphatic imine (C=N–C) groups is 2. The zero-order chi connectivity index (χ0) is 31.2. The maximum absolute atomic E-state index is 12.4. The molecule has 248 valence electrons. The van der Waals surface area contributed by atoms with Gasteiger partial charge in [-0.2, -0.15) is 23.5 Å². The molecular weight excluding hydrogens is 581 g/mol. The van der Waals surface area contributed by atoms with E-state index in [1.54, 1.807) is 23.5 Å². The van der Waals surface area contributed by atoms with Crippen molar-refractivity contribution in [2.45, 2.75) is 154 Å². The monoisotopic (exact) mass is 640 g/mol. The summed E-state index contributed by atoms with van der Waals surface area (Å²) in [4.78, 5) is 34.1. The second-order valence-corrected chi connectivity index (χ2v) is 14.9. The fraction of sp³-hybridized carbons (Fsp3) is 0.882. The summed E-state index contributed by atoms with van der Waals surface area (Å²) in [5.74, 6) is 4.38. The van der Waals surface area contributed by atoms with Crippen LogP contribution < -0.4 is 0 Å². The van der Waals surface area contributed by atoms with E-state index < -0.39 is 11.1 Å². The molecule has 43 heavy (non-hydrogen) atoms. The van der Waals surface area contributed by atoms with Gasteiger partial charge in [0.1, 0.15) is 0 Å². The van der Waals surface area contributed by atoms with Crippen LogP contribution in [0.1, 0.15) is 143 Å². The minimum Gasteiger partial charge on any atom is -0.410 e. The van der Waals surface area contributed by atoms with Crippen LogP contribution >= 0.6 is 23.5 Å². The van der Waals surface area contributed by atoms with E-state index >= 15 is 0 Å². The Morgan fingerprint density at radius 1 is 0.581 bits per heavy atom. The Kier molecular flexibility index (Phi) is 19.9. The van der Waals surface area contributed by atoms with Gasteiger partial charge >= 0.3 is 11.9 Å². The number of cyclic esters (lactones) is 2. The van der Waals surface area contributed by atoms with Gasteiger partial charge in [0, 0.05) is 35.9 Å². The van der Waals surface area contributed by atoms with Crippen molar-refractivity contribution in [3.05, 3.63) is 0 Å². The molecule has 9 heteroatoms. The number of rotatable bonds is 28. The van der Waals surface area contributed by atoms with Crippen molar-refractivity contribution in [2.75, 3.05) is 36.2 Å². The Morgan fingerprint density at radius 2 is 0.953 bits per heavy atom. The molecular formula is C34H60N2O5S2. The average Bonchev–Trinajstić information content (AvgIpc) is 3.43. The molecule has 2 atom stereocenters. The van der Waals surface area contributed by atoms with E-state index in [0.29, 0.717) is 37.9 Å². The second kappa shape index (κ2) is 22.4. The van der Waals surface area contributed by atoms with E-state index in [1.165, 1.54) is 64.2 Å². The third kappa shape index (κ3) is 15.7. The molecule has 2 rings (SSSR count). The summed E-state index contributed by atoms with van der Waals surface area (Å²) in [5.41, 5.74) is -1.38. The first-order chi connectivity index (χ1) is 20.8. The summed E-state index contributed by atoms with van der Waals surface area (Å²) in [6.45, 7) is 9.71. The molecule has 0 aromatic heterocycles. The van der Waals surface area contributed by atoms with E-state index in [0.717, 1.165) is 61.5 Å². The van der Waals surface area contributed by atoms with E-state index in [9.17, 15) is 9.59 Å². The first-order valence-corrected chi connectivity index (χ1v) is 19.5. The van der Waals surface area contributed by atoms with Gasteiger partial charge in [0.05, 0.1) is 13.2 Å². The van der Waals surface area contributed by atoms with Gasteiger partial charge < -0.3 is 14.2 Å². The molecule has 0 bridgehead atoms. The van der Waals surface area contributed by atoms with E-state index in [2.05, 4.69) is 23.8 Å². The van der Waals surface area contributed by atoms with Gasteiger partial charge in [0.15, 0.2) is 22.9 Å². The number of carbonyl (C=O) groups excluding carboxylic acids is 2. The van der Waals surface area contributed by atoms with Crippen LogP contribution in [0.15, 0.2) is 9.98 Å². The van der Waals surface area contributed by atoms with Crippen molar-refractivity contribution in [1.29, 1.82) is 0 Å². The minimum absolute atomic E-state index is 0.185. The average molecular weight is 641 g/mol. The maximum atomic E-state index is 12.4. The van der Waals surface area contributed by atoms with Gasteiger partial charge in [-0.05, 0) is 26.7 Å². The van der Waals surface area contributed by atoms with Crippen molar-refractivity contribution in [3.8, 4) is 0 Å². The zero-order valence-electron chi connectivity index (χ0n) is 27.7. The molecule has 0 fully saturated rings. The molecule has 7 nitrogen and oxygen atoms in total. The lowest BCUT2D eigenvalue weighted by Crippen LogP contribution is -2.29. The van der Waals surface area contributed by atoms with Crippen LogP contribution in [0.5, 0.6) is 0 Å². The van der Waals surface area contributed by atoms with Crippen molar-refractivity contribution in [2.24, 2.45) is 9.98 Å². The van der Waals surface area contributed by atoms with Crippen LogP contribution in [0.25, 0.3) is 0 Å². The number of ether oxygens (including phenoxy) is 3. The normalized spacial score (nSPS) is 21.7. The minimum atomic E-state index is -0.691. The largest absolute Gasteiger partial charge is 0.410 e. The van der Waals surface area contributed by atoms with Gasteiger partial charge in [-0.1, -0.05) is 104 Å². The van der Waals surface area contributed by atoms with Gasteiger partial charge in [-0.25, -0.2) is 19.6 Å². The lowest BCUT2D eigenvalue weighted by Gasteiger charge is -2.15. The van der Waals surface area contributed by atoms with E-state index in [4.69, 9.17) is 14.2 Å². The van der Waals surface area contributed by atoms with Gasteiger partial charge in [-0.15, -0.1) is 0 Å². The Balaban J connectivity index is 1.44. The molecule has 0 amide bonds. The maximum Gasteiger partial charge on any atom is 0.340 e. The number of esters is 2. The fourth-order valence-electron chi connectivity index (χ4n) is 5.36. The van der Waals surface area contributed by atoms with Gasteiger partial charge in [0.25, 0.3) is 0 Å². The quantitative estimate of drug-likeness (QED) is 0.0623. The molecule has 0 saturated heterocycles. The molecule has 2 unspecified atom stereocenters. The summed E-state index contributed by atoms with van der Waals surface area (Å²) in [6.07, 6.45) is 20.2. The van der Waals surface area contributed by atoms with Crippen molar-refractivity contribution in [1.82, 2.24) is 0 Å². The lowest BCUT2D eigenvalue weighted by atomic mass is 9.95. The first-order valence-electron chi connectivity index (χ1n) is 17.2. The molecule has 0 N–H and O–H groups in total. The standard InChI is InChI=1S/C34H60N2O5S2/c1-5-7-9-11-13-15-17-21-33(3)31(37)40-29(35-33)19-25-42-27-23-39-24-28-43-26-20-30-36-34(4,32(38)41-30)22-18-16-14-12-10-8-6-2/h5-28H2,1-4H3. The Hall–Kier alpha value is -1.06. The van der Waals surface area contributed by atoms with Crippen LogP contribution in [0.2, 0.25) is 0 Å². The van der Waals surface area contributed by atoms with E-state index in [-0.39, 0.29) is 11.9 Å². The summed E-state index contributed by atoms with van der Waals surface area (Å²) >= 11 is 3.60. The Labute approximate surface area is 270 Å². The lowest BCUT2D eigenvalue weighted by molar-refractivity contribution is -0.139. The van der Waals surface area contributed by atoms with Gasteiger partial charge in [-0.3, -0.25) is 0 Å². The second-order valence-electron chi connectivity index (χ2n) is 12.4. The molecule has 0 aliphatic carbocycles. The van der Waals surface area contributed by atoms with Crippen LogP contribution in [0.4, 0.5) is 0 Å². The first kappa shape index (κ1) is 38.1. The van der Waals surface area contributed by atoms with Crippen molar-refractivity contribution >= 4 is 47.3 Å². The molecule has 0 aromatic rings. The molecule has 2 aliphatic rings. The van der Waals surface area contributed by atoms with Crippen LogP contribution in [-0.2, 0) is 23.8 Å². The summed E-state index contributed by atoms with van der Waals surface area (Å²) in [6, 6.07) is 0. The van der Waals surface area contributed by atoms with Crippen LogP contribution in [0.3, 0.4) is 0 Å².